The predicted molar refractivity (Wildman–Crippen MR) is 122 cm³/mol. The van der Waals surface area contributed by atoms with E-state index in [1.807, 2.05) is 32.0 Å². The zero-order valence-electron chi connectivity index (χ0n) is 17.8. The van der Waals surface area contributed by atoms with Crippen LogP contribution in [0.3, 0.4) is 0 Å². The molecule has 1 aromatic heterocycles. The standard InChI is InChI=1S/C22H22BrN5O4/c1-12-6-15(23)7-13(2)21(12)26-20(30)10-32-17-5-4-14(8-18(17)31-3)16-9-19(29)27-22-24-11-25-28(16)22/h4-8,11,16H,9-10H2,1-3H3,(H,26,30)(H,24,25,27,29)/t16-/m1/s1. The monoisotopic (exact) mass is 499 g/mol. The van der Waals surface area contributed by atoms with Crippen molar-refractivity contribution in [2.75, 3.05) is 24.4 Å². The molecular formula is C22H22BrN5O4. The minimum Gasteiger partial charge on any atom is -0.493 e. The number of carbonyl (C=O) groups excluding carboxylic acids is 2. The molecule has 0 saturated carbocycles. The molecule has 2 N–H and O–H groups in total. The Hall–Kier alpha value is -3.40. The minimum absolute atomic E-state index is 0.134. The van der Waals surface area contributed by atoms with Gasteiger partial charge in [0.15, 0.2) is 18.1 Å². The number of aryl methyl sites for hydroxylation is 2. The van der Waals surface area contributed by atoms with Gasteiger partial charge in [-0.15, -0.1) is 0 Å². The molecule has 0 spiro atoms. The Morgan fingerprint density at radius 2 is 2.00 bits per heavy atom. The number of amides is 2. The lowest BCUT2D eigenvalue weighted by molar-refractivity contribution is -0.118. The molecule has 166 valence electrons. The molecule has 2 amide bonds. The molecule has 0 radical (unpaired) electrons. The normalized spacial score (nSPS) is 15.0. The van der Waals surface area contributed by atoms with Crippen LogP contribution in [0.1, 0.15) is 29.2 Å². The average molecular weight is 500 g/mol. The summed E-state index contributed by atoms with van der Waals surface area (Å²) in [5.41, 5.74) is 3.50. The summed E-state index contributed by atoms with van der Waals surface area (Å²) in [5.74, 6) is 0.875. The number of rotatable bonds is 6. The van der Waals surface area contributed by atoms with Crippen molar-refractivity contribution in [3.63, 3.8) is 0 Å². The predicted octanol–water partition coefficient (Wildman–Crippen LogP) is 3.62. The van der Waals surface area contributed by atoms with E-state index in [0.717, 1.165) is 26.9 Å². The Balaban J connectivity index is 1.48. The van der Waals surface area contributed by atoms with Gasteiger partial charge in [0, 0.05) is 10.2 Å². The van der Waals surface area contributed by atoms with E-state index in [4.69, 9.17) is 9.47 Å². The third-order valence-electron chi connectivity index (χ3n) is 5.19. The van der Waals surface area contributed by atoms with Gasteiger partial charge in [0.25, 0.3) is 5.91 Å². The Labute approximate surface area is 193 Å². The number of fused-ring (bicyclic) bond motifs is 1. The van der Waals surface area contributed by atoms with Gasteiger partial charge in [-0.2, -0.15) is 10.1 Å². The molecule has 3 aromatic rings. The molecule has 1 atom stereocenters. The fourth-order valence-corrected chi connectivity index (χ4v) is 4.39. The number of benzene rings is 2. The Bertz CT molecular complexity index is 1170. The second kappa shape index (κ2) is 8.99. The summed E-state index contributed by atoms with van der Waals surface area (Å²) in [5, 5.41) is 9.80. The van der Waals surface area contributed by atoms with Crippen molar-refractivity contribution in [1.29, 1.82) is 0 Å². The van der Waals surface area contributed by atoms with Gasteiger partial charge in [0.05, 0.1) is 19.6 Å². The summed E-state index contributed by atoms with van der Waals surface area (Å²) in [6.07, 6.45) is 1.63. The van der Waals surface area contributed by atoms with E-state index < -0.39 is 0 Å². The lowest BCUT2D eigenvalue weighted by Gasteiger charge is -2.24. The van der Waals surface area contributed by atoms with Gasteiger partial charge in [-0.25, -0.2) is 4.68 Å². The number of methoxy groups -OCH3 is 1. The molecule has 1 aliphatic rings. The second-order valence-electron chi connectivity index (χ2n) is 7.46. The van der Waals surface area contributed by atoms with Crippen LogP contribution >= 0.6 is 15.9 Å². The SMILES string of the molecule is COc1cc([C@H]2CC(=O)Nc3ncnn32)ccc1OCC(=O)Nc1c(C)cc(Br)cc1C. The van der Waals surface area contributed by atoms with Gasteiger partial charge >= 0.3 is 0 Å². The van der Waals surface area contributed by atoms with Gasteiger partial charge in [-0.3, -0.25) is 14.9 Å². The number of hydrogen-bond donors (Lipinski definition) is 2. The second-order valence-corrected chi connectivity index (χ2v) is 8.37. The Kier molecular flexibility index (Phi) is 6.13. The highest BCUT2D eigenvalue weighted by molar-refractivity contribution is 9.10. The lowest BCUT2D eigenvalue weighted by Crippen LogP contribution is -2.29. The van der Waals surface area contributed by atoms with E-state index >= 15 is 0 Å². The van der Waals surface area contributed by atoms with Gasteiger partial charge in [-0.1, -0.05) is 22.0 Å². The van der Waals surface area contributed by atoms with Crippen LogP contribution in [-0.4, -0.2) is 40.3 Å². The maximum Gasteiger partial charge on any atom is 0.262 e. The zero-order valence-corrected chi connectivity index (χ0v) is 19.4. The number of ether oxygens (including phenoxy) is 2. The number of anilines is 2. The van der Waals surface area contributed by atoms with Crippen LogP contribution < -0.4 is 20.1 Å². The maximum absolute atomic E-state index is 12.5. The van der Waals surface area contributed by atoms with Crippen LogP contribution in [0, 0.1) is 13.8 Å². The van der Waals surface area contributed by atoms with Crippen molar-refractivity contribution >= 4 is 39.4 Å². The van der Waals surface area contributed by atoms with E-state index in [0.29, 0.717) is 17.4 Å². The molecular weight excluding hydrogens is 478 g/mol. The first-order valence-electron chi connectivity index (χ1n) is 9.92. The van der Waals surface area contributed by atoms with Crippen LogP contribution in [0.2, 0.25) is 0 Å². The van der Waals surface area contributed by atoms with Crippen LogP contribution in [-0.2, 0) is 9.59 Å². The topological polar surface area (TPSA) is 107 Å². The molecule has 9 nitrogen and oxygen atoms in total. The van der Waals surface area contributed by atoms with E-state index in [-0.39, 0.29) is 30.9 Å². The minimum atomic E-state index is -0.309. The maximum atomic E-state index is 12.5. The lowest BCUT2D eigenvalue weighted by atomic mass is 10.0. The first-order chi connectivity index (χ1) is 15.4. The number of nitrogens with zero attached hydrogens (tertiary/aromatic N) is 3. The van der Waals surface area contributed by atoms with Crippen LogP contribution in [0.25, 0.3) is 0 Å². The van der Waals surface area contributed by atoms with E-state index in [9.17, 15) is 9.59 Å². The quantitative estimate of drug-likeness (QED) is 0.536. The number of carbonyl (C=O) groups is 2. The smallest absolute Gasteiger partial charge is 0.262 e. The molecule has 0 fully saturated rings. The fourth-order valence-electron chi connectivity index (χ4n) is 3.70. The van der Waals surface area contributed by atoms with Gasteiger partial charge in [-0.05, 0) is 54.8 Å². The van der Waals surface area contributed by atoms with E-state index in [1.165, 1.54) is 13.4 Å². The number of halogens is 1. The molecule has 1 aliphatic heterocycles. The van der Waals surface area contributed by atoms with Gasteiger partial charge in [0.2, 0.25) is 11.9 Å². The van der Waals surface area contributed by atoms with E-state index in [1.54, 1.807) is 16.8 Å². The molecule has 10 heteroatoms. The number of aromatic nitrogens is 3. The van der Waals surface area contributed by atoms with Crippen molar-refractivity contribution in [2.45, 2.75) is 26.3 Å². The summed E-state index contributed by atoms with van der Waals surface area (Å²) in [4.78, 5) is 28.6. The highest BCUT2D eigenvalue weighted by Gasteiger charge is 2.28. The Morgan fingerprint density at radius 3 is 2.72 bits per heavy atom. The first-order valence-corrected chi connectivity index (χ1v) is 10.7. The average Bonchev–Trinajstić information content (AvgIpc) is 3.22. The van der Waals surface area contributed by atoms with Crippen molar-refractivity contribution in [3.8, 4) is 11.5 Å². The molecule has 0 unspecified atom stereocenters. The summed E-state index contributed by atoms with van der Waals surface area (Å²) in [6, 6.07) is 8.91. The molecule has 0 bridgehead atoms. The zero-order chi connectivity index (χ0) is 22.8. The van der Waals surface area contributed by atoms with Crippen LogP contribution in [0.4, 0.5) is 11.6 Å². The number of nitrogens with one attached hydrogen (secondary N) is 2. The van der Waals surface area contributed by atoms with Crippen molar-refractivity contribution in [2.24, 2.45) is 0 Å². The third kappa shape index (κ3) is 4.45. The van der Waals surface area contributed by atoms with Crippen molar-refractivity contribution in [3.05, 3.63) is 57.8 Å². The molecule has 0 saturated heterocycles. The van der Waals surface area contributed by atoms with Crippen molar-refractivity contribution in [1.82, 2.24) is 14.8 Å². The van der Waals surface area contributed by atoms with Crippen molar-refractivity contribution < 1.29 is 19.1 Å². The molecule has 32 heavy (non-hydrogen) atoms. The highest BCUT2D eigenvalue weighted by atomic mass is 79.9. The Morgan fingerprint density at radius 1 is 1.25 bits per heavy atom. The number of hydrogen-bond acceptors (Lipinski definition) is 6. The highest BCUT2D eigenvalue weighted by Crippen LogP contribution is 2.35. The summed E-state index contributed by atoms with van der Waals surface area (Å²) < 4.78 is 13.8. The van der Waals surface area contributed by atoms with E-state index in [2.05, 4.69) is 36.6 Å². The first kappa shape index (κ1) is 21.8. The van der Waals surface area contributed by atoms with Gasteiger partial charge < -0.3 is 14.8 Å². The fraction of sp³-hybridized carbons (Fsp3) is 0.273. The molecule has 0 aliphatic carbocycles. The third-order valence-corrected chi connectivity index (χ3v) is 5.65. The molecule has 2 aromatic carbocycles. The summed E-state index contributed by atoms with van der Waals surface area (Å²) in [7, 11) is 1.52. The molecule has 4 rings (SSSR count). The molecule has 2 heterocycles. The van der Waals surface area contributed by atoms with Crippen LogP contribution in [0.5, 0.6) is 11.5 Å². The largest absolute Gasteiger partial charge is 0.493 e. The van der Waals surface area contributed by atoms with Crippen LogP contribution in [0.15, 0.2) is 41.1 Å². The summed E-state index contributed by atoms with van der Waals surface area (Å²) >= 11 is 3.45. The summed E-state index contributed by atoms with van der Waals surface area (Å²) in [6.45, 7) is 3.69. The van der Waals surface area contributed by atoms with Gasteiger partial charge in [0.1, 0.15) is 6.33 Å².